The molecule has 13 heteroatoms. The lowest BCUT2D eigenvalue weighted by atomic mass is 9.45. The lowest BCUT2D eigenvalue weighted by Gasteiger charge is -2.60. The van der Waals surface area contributed by atoms with Gasteiger partial charge in [0.2, 0.25) is 17.6 Å². The number of amides is 2. The van der Waals surface area contributed by atoms with Crippen molar-refractivity contribution in [1.82, 2.24) is 10.6 Å². The quantitative estimate of drug-likeness (QED) is 0.163. The van der Waals surface area contributed by atoms with Crippen molar-refractivity contribution in [3.63, 3.8) is 0 Å². The van der Waals surface area contributed by atoms with Crippen LogP contribution in [0.3, 0.4) is 0 Å². The van der Waals surface area contributed by atoms with Gasteiger partial charge in [0.25, 0.3) is 0 Å². The van der Waals surface area contributed by atoms with Crippen molar-refractivity contribution < 1.29 is 53.9 Å². The van der Waals surface area contributed by atoms with Crippen LogP contribution in [0.25, 0.3) is 0 Å². The number of allylic oxidation sites excluding steroid dienone is 1. The number of hydrogen-bond donors (Lipinski definition) is 6. The van der Waals surface area contributed by atoms with E-state index >= 15 is 0 Å². The zero-order valence-corrected chi connectivity index (χ0v) is 27.0. The van der Waals surface area contributed by atoms with Gasteiger partial charge >= 0.3 is 11.9 Å². The third-order valence-corrected chi connectivity index (χ3v) is 11.5. The maximum Gasteiger partial charge on any atom is 0.328 e. The predicted octanol–water partition coefficient (Wildman–Crippen LogP) is 0.815. The molecular formula is C33H48N2O11. The number of Topliss-reactive ketones (excluding diaryl/α,β-unsaturated/α-hetero) is 1. The highest BCUT2D eigenvalue weighted by atomic mass is 16.5. The molecule has 13 nitrogen and oxygen atoms in total. The molecule has 256 valence electrons. The first-order valence-electron chi connectivity index (χ1n) is 16.2. The molecule has 0 heterocycles. The van der Waals surface area contributed by atoms with Crippen molar-refractivity contribution in [1.29, 1.82) is 0 Å². The summed E-state index contributed by atoms with van der Waals surface area (Å²) in [5.41, 5.74) is -1.94. The number of carboxylic acid groups (broad SMARTS) is 1. The number of ketones is 2. The highest BCUT2D eigenvalue weighted by Crippen LogP contribution is 2.67. The number of hydrogen-bond acceptors (Lipinski definition) is 10. The van der Waals surface area contributed by atoms with Gasteiger partial charge in [-0.3, -0.25) is 24.0 Å². The molecule has 0 bridgehead atoms. The second kappa shape index (κ2) is 13.5. The average molecular weight is 649 g/mol. The molecule has 9 atom stereocenters. The van der Waals surface area contributed by atoms with Gasteiger partial charge in [-0.15, -0.1) is 0 Å². The third kappa shape index (κ3) is 6.50. The van der Waals surface area contributed by atoms with Crippen LogP contribution in [0.15, 0.2) is 11.6 Å². The van der Waals surface area contributed by atoms with Gasteiger partial charge in [-0.2, -0.15) is 0 Å². The predicted molar refractivity (Wildman–Crippen MR) is 162 cm³/mol. The Hall–Kier alpha value is -3.16. The zero-order valence-electron chi connectivity index (χ0n) is 27.0. The molecule has 4 rings (SSSR count). The number of esters is 1. The van der Waals surface area contributed by atoms with E-state index in [9.17, 15) is 39.0 Å². The summed E-state index contributed by atoms with van der Waals surface area (Å²) in [6.45, 7) is 5.71. The Morgan fingerprint density at radius 2 is 1.74 bits per heavy atom. The second-order valence-corrected chi connectivity index (χ2v) is 14.4. The first-order valence-corrected chi connectivity index (χ1v) is 16.2. The largest absolute Gasteiger partial charge is 0.480 e. The summed E-state index contributed by atoms with van der Waals surface area (Å²) in [6.07, 6.45) is 3.81. The van der Waals surface area contributed by atoms with Crippen LogP contribution in [0.4, 0.5) is 0 Å². The van der Waals surface area contributed by atoms with Gasteiger partial charge in [-0.1, -0.05) is 33.3 Å². The Morgan fingerprint density at radius 3 is 2.37 bits per heavy atom. The number of aliphatic carboxylic acids is 1. The SMILES string of the molecule is CC(C)[C@H](NC(=O)CCC(=O)OCC(=O)[C@@]1(O)CC[C@@H]2[C@@H]3CCC4=CC(=O)CC[C@]4(C)[C@@H]3[C@@H](O)C[C@@]21C)C(=O)N[C@@H](CO)C(=O)O. The molecule has 0 aliphatic heterocycles. The summed E-state index contributed by atoms with van der Waals surface area (Å²) in [4.78, 5) is 74.2. The second-order valence-electron chi connectivity index (χ2n) is 14.4. The van der Waals surface area contributed by atoms with Gasteiger partial charge in [-0.25, -0.2) is 4.79 Å². The smallest absolute Gasteiger partial charge is 0.328 e. The molecular weight excluding hydrogens is 600 g/mol. The highest BCUT2D eigenvalue weighted by Gasteiger charge is 2.68. The van der Waals surface area contributed by atoms with E-state index in [1.165, 1.54) is 0 Å². The summed E-state index contributed by atoms with van der Waals surface area (Å²) >= 11 is 0. The van der Waals surface area contributed by atoms with Crippen molar-refractivity contribution in [3.05, 3.63) is 11.6 Å². The molecule has 0 saturated heterocycles. The summed E-state index contributed by atoms with van der Waals surface area (Å²) in [5, 5.41) is 46.2. The highest BCUT2D eigenvalue weighted by molar-refractivity contribution is 5.93. The van der Waals surface area contributed by atoms with Crippen molar-refractivity contribution in [2.75, 3.05) is 13.2 Å². The summed E-state index contributed by atoms with van der Waals surface area (Å²) in [5.74, 6) is -4.76. The van der Waals surface area contributed by atoms with Crippen LogP contribution in [-0.2, 0) is 33.5 Å². The standard InChI is InChI=1S/C33H48N2O11/c1-17(2)28(29(42)34-22(15-36)30(43)44)35-25(40)7-8-26(41)46-16-24(39)33(45)12-10-21-20-6-5-18-13-19(37)9-11-31(18,3)27(20)23(38)14-32(21,33)4/h13,17,20-23,27-28,36,38,45H,5-12,14-16H2,1-4H3,(H,34,42)(H,35,40)(H,43,44)/t20-,21+,22-,23-,27-,28-,31-,32-,33-/m0/s1. The van der Waals surface area contributed by atoms with Crippen LogP contribution in [0.1, 0.15) is 85.5 Å². The number of fused-ring (bicyclic) bond motifs is 5. The fraction of sp³-hybridized carbons (Fsp3) is 0.758. The molecule has 4 aliphatic rings. The number of carboxylic acids is 1. The Labute approximate surface area is 268 Å². The van der Waals surface area contributed by atoms with Gasteiger partial charge < -0.3 is 35.8 Å². The molecule has 3 saturated carbocycles. The monoisotopic (exact) mass is 648 g/mol. The lowest BCUT2D eigenvalue weighted by Crippen LogP contribution is -2.62. The molecule has 0 aromatic rings. The molecule has 4 aliphatic carbocycles. The van der Waals surface area contributed by atoms with Crippen LogP contribution in [0.5, 0.6) is 0 Å². The molecule has 0 spiro atoms. The van der Waals surface area contributed by atoms with E-state index in [0.717, 1.165) is 18.4 Å². The van der Waals surface area contributed by atoms with E-state index < -0.39 is 84.3 Å². The molecule has 6 N–H and O–H groups in total. The van der Waals surface area contributed by atoms with E-state index in [4.69, 9.17) is 14.9 Å². The van der Waals surface area contributed by atoms with Gasteiger partial charge in [0.05, 0.1) is 19.1 Å². The van der Waals surface area contributed by atoms with E-state index in [-0.39, 0.29) is 48.2 Å². The minimum absolute atomic E-state index is 0.0282. The number of ether oxygens (including phenoxy) is 1. The number of nitrogens with one attached hydrogen (secondary N) is 2. The van der Waals surface area contributed by atoms with E-state index in [2.05, 4.69) is 17.6 Å². The topological polar surface area (TPSA) is 217 Å². The Morgan fingerprint density at radius 1 is 1.04 bits per heavy atom. The fourth-order valence-corrected chi connectivity index (χ4v) is 8.93. The zero-order chi connectivity index (χ0) is 34.2. The Balaban J connectivity index is 1.33. The van der Waals surface area contributed by atoms with Crippen LogP contribution >= 0.6 is 0 Å². The minimum Gasteiger partial charge on any atom is -0.480 e. The van der Waals surface area contributed by atoms with Gasteiger partial charge in [0.15, 0.2) is 12.4 Å². The maximum atomic E-state index is 13.5. The lowest BCUT2D eigenvalue weighted by molar-refractivity contribution is -0.184. The molecule has 0 aromatic heterocycles. The number of carbonyl (C=O) groups is 6. The first-order chi connectivity index (χ1) is 21.5. The van der Waals surface area contributed by atoms with Crippen molar-refractivity contribution in [3.8, 4) is 0 Å². The summed E-state index contributed by atoms with van der Waals surface area (Å²) < 4.78 is 5.18. The van der Waals surface area contributed by atoms with Crippen molar-refractivity contribution in [2.45, 2.75) is 109 Å². The molecule has 0 unspecified atom stereocenters. The average Bonchev–Trinajstić information content (AvgIpc) is 3.26. The van der Waals surface area contributed by atoms with Gasteiger partial charge in [-0.05, 0) is 73.7 Å². The van der Waals surface area contributed by atoms with Crippen molar-refractivity contribution >= 4 is 35.3 Å². The first kappa shape index (κ1) is 35.7. The van der Waals surface area contributed by atoms with E-state index in [1.54, 1.807) is 19.9 Å². The molecule has 46 heavy (non-hydrogen) atoms. The summed E-state index contributed by atoms with van der Waals surface area (Å²) in [7, 11) is 0. The van der Waals surface area contributed by atoms with Crippen LogP contribution in [-0.4, -0.2) is 92.7 Å². The normalized spacial score (nSPS) is 34.7. The fourth-order valence-electron chi connectivity index (χ4n) is 8.93. The van der Waals surface area contributed by atoms with E-state index in [1.807, 2.05) is 6.92 Å². The number of rotatable bonds is 12. The number of aliphatic hydroxyl groups is 3. The van der Waals surface area contributed by atoms with Crippen molar-refractivity contribution in [2.24, 2.45) is 34.5 Å². The van der Waals surface area contributed by atoms with Gasteiger partial charge in [0.1, 0.15) is 17.7 Å². The number of carbonyl (C=O) groups excluding carboxylic acids is 5. The summed E-state index contributed by atoms with van der Waals surface area (Å²) in [6, 6.07) is -2.66. The van der Waals surface area contributed by atoms with Gasteiger partial charge in [0, 0.05) is 18.3 Å². The Kier molecular flexibility index (Phi) is 10.5. The molecule has 0 aromatic carbocycles. The van der Waals surface area contributed by atoms with Crippen LogP contribution in [0.2, 0.25) is 0 Å². The number of aliphatic hydroxyl groups excluding tert-OH is 2. The molecule has 0 radical (unpaired) electrons. The van der Waals surface area contributed by atoms with E-state index in [0.29, 0.717) is 19.3 Å². The third-order valence-electron chi connectivity index (χ3n) is 11.5. The maximum absolute atomic E-state index is 13.5. The van der Waals surface area contributed by atoms with Crippen LogP contribution in [0, 0.1) is 34.5 Å². The minimum atomic E-state index is -1.80. The molecule has 2 amide bonds. The Bertz CT molecular complexity index is 1300. The van der Waals surface area contributed by atoms with Crippen LogP contribution < -0.4 is 10.6 Å². The molecule has 3 fully saturated rings.